The lowest BCUT2D eigenvalue weighted by molar-refractivity contribution is -0.122. The van der Waals surface area contributed by atoms with E-state index in [1.807, 2.05) is 0 Å². The van der Waals surface area contributed by atoms with Crippen LogP contribution < -0.4 is 0 Å². The third kappa shape index (κ3) is 2.35. The highest BCUT2D eigenvalue weighted by Crippen LogP contribution is 2.66. The summed E-state index contributed by atoms with van der Waals surface area (Å²) in [6.07, 6.45) is 15.5. The number of hydrogen-bond donors (Lipinski definition) is 1. The van der Waals surface area contributed by atoms with Gasteiger partial charge >= 0.3 is 0 Å². The maximum absolute atomic E-state index is 11.3. The molecule has 1 N–H and O–H groups in total. The van der Waals surface area contributed by atoms with Gasteiger partial charge in [-0.1, -0.05) is 26.7 Å². The quantitative estimate of drug-likeness (QED) is 0.734. The zero-order valence-electron chi connectivity index (χ0n) is 16.6. The van der Waals surface area contributed by atoms with Crippen LogP contribution in [-0.4, -0.2) is 35.2 Å². The standard InChI is InChI=1S/C23H39NO/c1-22-11-4-3-7-16(22)8-9-17-18(22)10-12-23(2)19(17)15-20(21(23)25)24-13-5-6-14-24/h16-21,25H,3-15H2,1-2H3. The molecule has 0 aromatic rings. The summed E-state index contributed by atoms with van der Waals surface area (Å²) in [4.78, 5) is 2.65. The van der Waals surface area contributed by atoms with Gasteiger partial charge < -0.3 is 5.11 Å². The van der Waals surface area contributed by atoms with Crippen molar-refractivity contribution >= 4 is 0 Å². The first kappa shape index (κ1) is 17.0. The second-order valence-electron chi connectivity index (χ2n) is 10.9. The number of rotatable bonds is 1. The normalized spacial score (nSPS) is 56.3. The van der Waals surface area contributed by atoms with Gasteiger partial charge in [-0.05, 0) is 105 Å². The summed E-state index contributed by atoms with van der Waals surface area (Å²) in [6, 6.07) is 0.466. The topological polar surface area (TPSA) is 23.5 Å². The van der Waals surface area contributed by atoms with E-state index in [-0.39, 0.29) is 11.5 Å². The SMILES string of the molecule is CC12CCCCC1CCC1C2CCC2(C)C(O)C(N3CCCC3)CC12. The van der Waals surface area contributed by atoms with E-state index in [4.69, 9.17) is 0 Å². The minimum Gasteiger partial charge on any atom is -0.391 e. The molecule has 0 radical (unpaired) electrons. The van der Waals surface area contributed by atoms with Gasteiger partial charge in [0.25, 0.3) is 0 Å². The lowest BCUT2D eigenvalue weighted by atomic mass is 9.45. The lowest BCUT2D eigenvalue weighted by Crippen LogP contribution is -2.53. The predicted octanol–water partition coefficient (Wildman–Crippen LogP) is 4.85. The molecule has 8 unspecified atom stereocenters. The molecule has 2 nitrogen and oxygen atoms in total. The Bertz CT molecular complexity index is 514. The van der Waals surface area contributed by atoms with E-state index >= 15 is 0 Å². The maximum atomic E-state index is 11.3. The second kappa shape index (κ2) is 5.96. The number of likely N-dealkylation sites (tertiary alicyclic amines) is 1. The minimum atomic E-state index is -0.0755. The molecule has 8 atom stereocenters. The third-order valence-corrected chi connectivity index (χ3v) is 10.2. The van der Waals surface area contributed by atoms with Crippen LogP contribution in [0.1, 0.15) is 84.5 Å². The highest BCUT2D eigenvalue weighted by Gasteiger charge is 2.62. The zero-order valence-corrected chi connectivity index (χ0v) is 16.6. The van der Waals surface area contributed by atoms with Crippen molar-refractivity contribution in [1.29, 1.82) is 0 Å². The fourth-order valence-electron chi connectivity index (χ4n) is 8.70. The highest BCUT2D eigenvalue weighted by atomic mass is 16.3. The van der Waals surface area contributed by atoms with Crippen LogP contribution in [0.15, 0.2) is 0 Å². The molecule has 0 aromatic heterocycles. The van der Waals surface area contributed by atoms with Crippen LogP contribution in [0.5, 0.6) is 0 Å². The largest absolute Gasteiger partial charge is 0.391 e. The van der Waals surface area contributed by atoms with Crippen molar-refractivity contribution in [3.05, 3.63) is 0 Å². The average Bonchev–Trinajstić information content (AvgIpc) is 3.21. The first-order chi connectivity index (χ1) is 12.0. The molecule has 0 amide bonds. The predicted molar refractivity (Wildman–Crippen MR) is 102 cm³/mol. The number of nitrogens with zero attached hydrogens (tertiary/aromatic N) is 1. The van der Waals surface area contributed by atoms with Gasteiger partial charge in [0.2, 0.25) is 0 Å². The van der Waals surface area contributed by atoms with Crippen LogP contribution in [0, 0.1) is 34.5 Å². The van der Waals surface area contributed by atoms with Crippen LogP contribution in [-0.2, 0) is 0 Å². The van der Waals surface area contributed by atoms with Gasteiger partial charge in [0.15, 0.2) is 0 Å². The summed E-state index contributed by atoms with van der Waals surface area (Å²) in [6.45, 7) is 7.60. The average molecular weight is 346 g/mol. The molecule has 4 aliphatic carbocycles. The molecule has 0 aromatic carbocycles. The maximum Gasteiger partial charge on any atom is 0.0751 e. The number of aliphatic hydroxyl groups excluding tert-OH is 1. The first-order valence-electron chi connectivity index (χ1n) is 11.5. The molecule has 1 heterocycles. The summed E-state index contributed by atoms with van der Waals surface area (Å²) in [5, 5.41) is 11.3. The molecule has 4 saturated carbocycles. The van der Waals surface area contributed by atoms with Gasteiger partial charge in [0.05, 0.1) is 6.10 Å². The molecule has 0 bridgehead atoms. The summed E-state index contributed by atoms with van der Waals surface area (Å²) in [5.74, 6) is 3.65. The van der Waals surface area contributed by atoms with Gasteiger partial charge in [-0.3, -0.25) is 4.90 Å². The molecule has 2 heteroatoms. The molecule has 5 fully saturated rings. The van der Waals surface area contributed by atoms with Gasteiger partial charge in [0.1, 0.15) is 0 Å². The van der Waals surface area contributed by atoms with Gasteiger partial charge in [0, 0.05) is 6.04 Å². The number of fused-ring (bicyclic) bond motifs is 5. The van der Waals surface area contributed by atoms with Crippen LogP contribution in [0.2, 0.25) is 0 Å². The van der Waals surface area contributed by atoms with Crippen molar-refractivity contribution in [1.82, 2.24) is 4.90 Å². The lowest BCUT2D eigenvalue weighted by Gasteiger charge is -2.60. The van der Waals surface area contributed by atoms with Crippen LogP contribution in [0.4, 0.5) is 0 Å². The zero-order chi connectivity index (χ0) is 17.2. The monoisotopic (exact) mass is 345 g/mol. The Morgan fingerprint density at radius 1 is 0.800 bits per heavy atom. The van der Waals surface area contributed by atoms with E-state index < -0.39 is 0 Å². The minimum absolute atomic E-state index is 0.0755. The molecular weight excluding hydrogens is 306 g/mol. The fourth-order valence-corrected chi connectivity index (χ4v) is 8.70. The van der Waals surface area contributed by atoms with Crippen molar-refractivity contribution in [2.75, 3.05) is 13.1 Å². The second-order valence-corrected chi connectivity index (χ2v) is 10.9. The van der Waals surface area contributed by atoms with Crippen molar-refractivity contribution in [3.63, 3.8) is 0 Å². The molecule has 0 spiro atoms. The fraction of sp³-hybridized carbons (Fsp3) is 1.00. The van der Waals surface area contributed by atoms with E-state index in [9.17, 15) is 5.11 Å². The van der Waals surface area contributed by atoms with Crippen molar-refractivity contribution < 1.29 is 5.11 Å². The Kier molecular flexibility index (Phi) is 4.06. The Morgan fingerprint density at radius 2 is 1.60 bits per heavy atom. The van der Waals surface area contributed by atoms with Crippen LogP contribution in [0.3, 0.4) is 0 Å². The first-order valence-corrected chi connectivity index (χ1v) is 11.5. The van der Waals surface area contributed by atoms with Crippen molar-refractivity contribution in [2.24, 2.45) is 34.5 Å². The van der Waals surface area contributed by atoms with E-state index in [0.29, 0.717) is 11.5 Å². The van der Waals surface area contributed by atoms with E-state index in [2.05, 4.69) is 18.7 Å². The summed E-state index contributed by atoms with van der Waals surface area (Å²) < 4.78 is 0. The number of aliphatic hydroxyl groups is 1. The van der Waals surface area contributed by atoms with Crippen LogP contribution >= 0.6 is 0 Å². The Morgan fingerprint density at radius 3 is 2.40 bits per heavy atom. The smallest absolute Gasteiger partial charge is 0.0751 e. The van der Waals surface area contributed by atoms with Gasteiger partial charge in [-0.2, -0.15) is 0 Å². The highest BCUT2D eigenvalue weighted by molar-refractivity contribution is 5.12. The molecular formula is C23H39NO. The molecule has 25 heavy (non-hydrogen) atoms. The van der Waals surface area contributed by atoms with E-state index in [1.165, 1.54) is 83.7 Å². The Hall–Kier alpha value is -0.0800. The van der Waals surface area contributed by atoms with E-state index in [1.54, 1.807) is 0 Å². The summed E-state index contributed by atoms with van der Waals surface area (Å²) >= 11 is 0. The third-order valence-electron chi connectivity index (χ3n) is 10.2. The molecule has 5 aliphatic rings. The number of hydrogen-bond acceptors (Lipinski definition) is 2. The summed E-state index contributed by atoms with van der Waals surface area (Å²) in [5.41, 5.74) is 0.825. The molecule has 1 saturated heterocycles. The Labute approximate surface area is 154 Å². The van der Waals surface area contributed by atoms with Crippen molar-refractivity contribution in [2.45, 2.75) is 96.6 Å². The molecule has 5 rings (SSSR count). The van der Waals surface area contributed by atoms with Crippen molar-refractivity contribution in [3.8, 4) is 0 Å². The molecule has 142 valence electrons. The van der Waals surface area contributed by atoms with Gasteiger partial charge in [-0.25, -0.2) is 0 Å². The van der Waals surface area contributed by atoms with Crippen LogP contribution in [0.25, 0.3) is 0 Å². The summed E-state index contributed by atoms with van der Waals surface area (Å²) in [7, 11) is 0. The molecule has 1 aliphatic heterocycles. The van der Waals surface area contributed by atoms with Gasteiger partial charge in [-0.15, -0.1) is 0 Å². The van der Waals surface area contributed by atoms with E-state index in [0.717, 1.165) is 23.7 Å². The Balaban J connectivity index is 1.42.